The molecule has 1 aliphatic rings. The van der Waals surface area contributed by atoms with Gasteiger partial charge in [-0.05, 0) is 43.9 Å². The Morgan fingerprint density at radius 3 is 2.31 bits per heavy atom. The van der Waals surface area contributed by atoms with E-state index in [1.165, 1.54) is 0 Å². The van der Waals surface area contributed by atoms with Crippen molar-refractivity contribution in [3.05, 3.63) is 71.9 Å². The van der Waals surface area contributed by atoms with Gasteiger partial charge in [0.1, 0.15) is 6.04 Å². The zero-order valence-corrected chi connectivity index (χ0v) is 20.2. The number of benzene rings is 2. The van der Waals surface area contributed by atoms with Crippen molar-refractivity contribution in [3.63, 3.8) is 0 Å². The fraction of sp³-hybridized carbons (Fsp3) is 0.370. The Kier molecular flexibility index (Phi) is 6.67. The summed E-state index contributed by atoms with van der Waals surface area (Å²) in [6.07, 6.45) is 3.04. The first-order chi connectivity index (χ1) is 16.6. The minimum atomic E-state index is -1.13. The van der Waals surface area contributed by atoms with Crippen molar-refractivity contribution in [2.75, 3.05) is 13.1 Å². The predicted octanol–water partition coefficient (Wildman–Crippen LogP) is 1.98. The third-order valence-electron chi connectivity index (χ3n) is 7.01. The number of nitrogens with zero attached hydrogens (tertiary/aromatic N) is 1. The molecule has 0 aliphatic carbocycles. The Morgan fingerprint density at radius 2 is 1.69 bits per heavy atom. The van der Waals surface area contributed by atoms with E-state index in [0.717, 1.165) is 22.0 Å². The molecule has 2 heterocycles. The molecule has 0 spiro atoms. The van der Waals surface area contributed by atoms with Gasteiger partial charge in [0.05, 0.1) is 11.0 Å². The molecule has 3 aromatic rings. The van der Waals surface area contributed by atoms with Crippen molar-refractivity contribution in [1.29, 1.82) is 0 Å². The first-order valence-electron chi connectivity index (χ1n) is 11.9. The Hall–Kier alpha value is -3.65. The average Bonchev–Trinajstić information content (AvgIpc) is 3.26. The van der Waals surface area contributed by atoms with E-state index in [0.29, 0.717) is 32.4 Å². The summed E-state index contributed by atoms with van der Waals surface area (Å²) in [4.78, 5) is 43.9. The second-order valence-corrected chi connectivity index (χ2v) is 9.95. The summed E-state index contributed by atoms with van der Waals surface area (Å²) in [6.45, 7) is 3.95. The van der Waals surface area contributed by atoms with Crippen molar-refractivity contribution in [1.82, 2.24) is 15.2 Å². The van der Waals surface area contributed by atoms with Crippen LogP contribution < -0.4 is 16.8 Å². The van der Waals surface area contributed by atoms with E-state index in [2.05, 4.69) is 10.3 Å². The van der Waals surface area contributed by atoms with Crippen LogP contribution in [0.4, 0.5) is 0 Å². The van der Waals surface area contributed by atoms with E-state index in [9.17, 15) is 14.4 Å². The van der Waals surface area contributed by atoms with Gasteiger partial charge in [-0.1, -0.05) is 48.5 Å². The maximum absolute atomic E-state index is 13.7. The quantitative estimate of drug-likeness (QED) is 0.416. The number of rotatable bonds is 7. The molecule has 2 aromatic carbocycles. The number of primary amides is 1. The summed E-state index contributed by atoms with van der Waals surface area (Å²) in [5.41, 5.74) is 12.7. The summed E-state index contributed by atoms with van der Waals surface area (Å²) >= 11 is 0. The van der Waals surface area contributed by atoms with Gasteiger partial charge in [-0.2, -0.15) is 0 Å². The summed E-state index contributed by atoms with van der Waals surface area (Å²) in [5, 5.41) is 3.87. The van der Waals surface area contributed by atoms with Gasteiger partial charge in [0.25, 0.3) is 0 Å². The van der Waals surface area contributed by atoms with E-state index in [4.69, 9.17) is 11.5 Å². The Balaban J connectivity index is 1.56. The largest absolute Gasteiger partial charge is 0.369 e. The van der Waals surface area contributed by atoms with Gasteiger partial charge in [-0.3, -0.25) is 14.4 Å². The first-order valence-corrected chi connectivity index (χ1v) is 11.9. The van der Waals surface area contributed by atoms with Gasteiger partial charge >= 0.3 is 0 Å². The van der Waals surface area contributed by atoms with Crippen LogP contribution in [0.25, 0.3) is 10.9 Å². The normalized spacial score (nSPS) is 16.6. The van der Waals surface area contributed by atoms with E-state index in [1.807, 2.05) is 60.8 Å². The molecule has 35 heavy (non-hydrogen) atoms. The molecule has 8 heteroatoms. The number of carbonyl (C=O) groups excluding carboxylic acids is 3. The van der Waals surface area contributed by atoms with Crippen molar-refractivity contribution < 1.29 is 14.4 Å². The van der Waals surface area contributed by atoms with Crippen molar-refractivity contribution in [3.8, 4) is 0 Å². The zero-order chi connectivity index (χ0) is 25.2. The maximum atomic E-state index is 13.7. The van der Waals surface area contributed by atoms with Crippen LogP contribution in [0.15, 0.2) is 60.8 Å². The fourth-order valence-corrected chi connectivity index (χ4v) is 4.83. The number of aromatic amines is 1. The molecular weight excluding hydrogens is 442 g/mol. The van der Waals surface area contributed by atoms with Crippen LogP contribution in [0, 0.1) is 0 Å². The summed E-state index contributed by atoms with van der Waals surface area (Å²) < 4.78 is 0. The van der Waals surface area contributed by atoms with Crippen LogP contribution >= 0.6 is 0 Å². The van der Waals surface area contributed by atoms with E-state index in [1.54, 1.807) is 18.7 Å². The number of likely N-dealkylation sites (tertiary alicyclic amines) is 1. The van der Waals surface area contributed by atoms with Crippen LogP contribution in [0.5, 0.6) is 0 Å². The lowest BCUT2D eigenvalue weighted by molar-refractivity contribution is -0.140. The number of fused-ring (bicyclic) bond motifs is 1. The van der Waals surface area contributed by atoms with E-state index in [-0.39, 0.29) is 11.8 Å². The molecule has 8 nitrogen and oxygen atoms in total. The number of nitrogens with two attached hydrogens (primary N) is 2. The molecule has 4 rings (SSSR count). The van der Waals surface area contributed by atoms with Gasteiger partial charge in [0.2, 0.25) is 17.7 Å². The molecule has 1 atom stereocenters. The lowest BCUT2D eigenvalue weighted by Crippen LogP contribution is -2.59. The van der Waals surface area contributed by atoms with Crippen molar-refractivity contribution >= 4 is 28.6 Å². The lowest BCUT2D eigenvalue weighted by atomic mass is 9.72. The number of para-hydroxylation sites is 1. The summed E-state index contributed by atoms with van der Waals surface area (Å²) in [7, 11) is 0. The maximum Gasteiger partial charge on any atom is 0.245 e. The lowest BCUT2D eigenvalue weighted by Gasteiger charge is -2.41. The van der Waals surface area contributed by atoms with Crippen LogP contribution in [0.1, 0.15) is 37.8 Å². The Morgan fingerprint density at radius 1 is 1.06 bits per heavy atom. The Labute approximate surface area is 205 Å². The highest BCUT2D eigenvalue weighted by atomic mass is 16.2. The highest BCUT2D eigenvalue weighted by Crippen LogP contribution is 2.35. The van der Waals surface area contributed by atoms with Crippen LogP contribution in [0.3, 0.4) is 0 Å². The van der Waals surface area contributed by atoms with E-state index < -0.39 is 22.9 Å². The molecule has 1 fully saturated rings. The molecule has 1 aliphatic heterocycles. The average molecular weight is 476 g/mol. The van der Waals surface area contributed by atoms with Crippen molar-refractivity contribution in [2.45, 2.75) is 50.1 Å². The van der Waals surface area contributed by atoms with Crippen LogP contribution in [-0.2, 0) is 26.2 Å². The molecule has 0 saturated carbocycles. The predicted molar refractivity (Wildman–Crippen MR) is 135 cm³/mol. The van der Waals surface area contributed by atoms with Crippen LogP contribution in [0.2, 0.25) is 0 Å². The van der Waals surface area contributed by atoms with Gasteiger partial charge < -0.3 is 26.7 Å². The van der Waals surface area contributed by atoms with Gasteiger partial charge in [0.15, 0.2) is 0 Å². The number of carbonyl (C=O) groups is 3. The van der Waals surface area contributed by atoms with Gasteiger partial charge in [0, 0.05) is 36.6 Å². The number of H-pyrrole nitrogens is 1. The molecule has 1 aromatic heterocycles. The second kappa shape index (κ2) is 9.54. The smallest absolute Gasteiger partial charge is 0.245 e. The molecule has 6 N–H and O–H groups in total. The number of piperidine rings is 1. The highest BCUT2D eigenvalue weighted by molar-refractivity contribution is 5.93. The second-order valence-electron chi connectivity index (χ2n) is 9.95. The molecule has 0 bridgehead atoms. The molecule has 1 saturated heterocycles. The SMILES string of the molecule is CC(C)(N)C(=O)NC(Cc1c[nH]c2ccccc12)C(=O)N1CCC(C(N)=O)(c2ccccc2)CC1. The minimum Gasteiger partial charge on any atom is -0.369 e. The fourth-order valence-electron chi connectivity index (χ4n) is 4.83. The number of hydrogen-bond acceptors (Lipinski definition) is 4. The molecular formula is C27H33N5O3. The van der Waals surface area contributed by atoms with E-state index >= 15 is 0 Å². The zero-order valence-electron chi connectivity index (χ0n) is 20.2. The monoisotopic (exact) mass is 475 g/mol. The Bertz CT molecular complexity index is 1220. The van der Waals surface area contributed by atoms with Crippen LogP contribution in [-0.4, -0.2) is 52.3 Å². The molecule has 1 unspecified atom stereocenters. The number of amides is 3. The third-order valence-corrected chi connectivity index (χ3v) is 7.01. The first kappa shape index (κ1) is 24.5. The minimum absolute atomic E-state index is 0.195. The van der Waals surface area contributed by atoms with Gasteiger partial charge in [-0.15, -0.1) is 0 Å². The number of nitrogens with one attached hydrogen (secondary N) is 2. The van der Waals surface area contributed by atoms with Gasteiger partial charge in [-0.25, -0.2) is 0 Å². The standard InChI is InChI=1S/C27H33N5O3/c1-26(2,29)25(35)31-22(16-18-17-30-21-11-7-6-10-20(18)21)23(33)32-14-12-27(13-15-32,24(28)34)19-8-4-3-5-9-19/h3-11,17,22,30H,12-16,29H2,1-2H3,(H2,28,34)(H,31,35). The van der Waals surface area contributed by atoms with Crippen molar-refractivity contribution in [2.24, 2.45) is 11.5 Å². The summed E-state index contributed by atoms with van der Waals surface area (Å²) in [6, 6.07) is 16.5. The number of hydrogen-bond donors (Lipinski definition) is 4. The topological polar surface area (TPSA) is 134 Å². The summed E-state index contributed by atoms with van der Waals surface area (Å²) in [5.74, 6) is -0.980. The molecule has 3 amide bonds. The third kappa shape index (κ3) is 4.93. The highest BCUT2D eigenvalue weighted by Gasteiger charge is 2.43. The molecule has 184 valence electrons. The number of aromatic nitrogens is 1. The molecule has 0 radical (unpaired) electrons.